The number of benzene rings is 2. The van der Waals surface area contributed by atoms with E-state index in [2.05, 4.69) is 5.10 Å². The molecule has 1 atom stereocenters. The standard InChI is InChI=1S/C27H25N5O4/c28-24(33)20-11-12-23(30-25(20)32-14-13-22(31-32)19-9-5-2-6-10-19)21(17-18-7-3-1-4-8-18)27(26(29)34)35-15-16-36-27/h1-14,21H,15-17H2,(H2,28,33)(H2,29,34)/t21-/m0/s1. The molecule has 182 valence electrons. The first-order chi connectivity index (χ1) is 17.5. The normalized spacial score (nSPS) is 15.4. The van der Waals surface area contributed by atoms with Crippen molar-refractivity contribution < 1.29 is 19.1 Å². The van der Waals surface area contributed by atoms with Crippen molar-refractivity contribution in [3.63, 3.8) is 0 Å². The molecule has 2 aromatic heterocycles. The van der Waals surface area contributed by atoms with Crippen molar-refractivity contribution >= 4 is 11.8 Å². The largest absolute Gasteiger partial charge is 0.365 e. The Labute approximate surface area is 207 Å². The average molecular weight is 484 g/mol. The van der Waals surface area contributed by atoms with Crippen LogP contribution in [0.5, 0.6) is 0 Å². The minimum absolute atomic E-state index is 0.182. The van der Waals surface area contributed by atoms with Crippen LogP contribution in [-0.4, -0.2) is 45.6 Å². The van der Waals surface area contributed by atoms with Crippen LogP contribution in [0.1, 0.15) is 27.5 Å². The fourth-order valence-corrected chi connectivity index (χ4v) is 4.46. The van der Waals surface area contributed by atoms with Crippen LogP contribution in [0.15, 0.2) is 85.1 Å². The van der Waals surface area contributed by atoms with Gasteiger partial charge in [-0.1, -0.05) is 60.7 Å². The number of primary amides is 2. The molecule has 4 N–H and O–H groups in total. The Kier molecular flexibility index (Phi) is 6.32. The third-order valence-electron chi connectivity index (χ3n) is 6.20. The molecule has 3 heterocycles. The third kappa shape index (κ3) is 4.37. The molecule has 36 heavy (non-hydrogen) atoms. The van der Waals surface area contributed by atoms with E-state index in [1.807, 2.05) is 66.7 Å². The Bertz CT molecular complexity index is 1380. The first kappa shape index (κ1) is 23.4. The summed E-state index contributed by atoms with van der Waals surface area (Å²) in [6.07, 6.45) is 2.07. The molecule has 0 aliphatic carbocycles. The summed E-state index contributed by atoms with van der Waals surface area (Å²) in [4.78, 5) is 29.7. The van der Waals surface area contributed by atoms with Crippen molar-refractivity contribution in [2.24, 2.45) is 11.5 Å². The highest BCUT2D eigenvalue weighted by Gasteiger charge is 2.51. The number of nitrogens with two attached hydrogens (primary N) is 2. The molecular weight excluding hydrogens is 458 g/mol. The van der Waals surface area contributed by atoms with E-state index in [-0.39, 0.29) is 24.6 Å². The first-order valence-corrected chi connectivity index (χ1v) is 11.5. The van der Waals surface area contributed by atoms with E-state index in [4.69, 9.17) is 25.9 Å². The maximum atomic E-state index is 12.7. The molecule has 1 saturated heterocycles. The number of rotatable bonds is 8. The van der Waals surface area contributed by atoms with E-state index in [1.54, 1.807) is 18.3 Å². The average Bonchev–Trinajstić information content (AvgIpc) is 3.59. The van der Waals surface area contributed by atoms with Gasteiger partial charge in [-0.25, -0.2) is 9.67 Å². The smallest absolute Gasteiger partial charge is 0.278 e. The summed E-state index contributed by atoms with van der Waals surface area (Å²) >= 11 is 0. The van der Waals surface area contributed by atoms with Crippen LogP contribution in [-0.2, 0) is 20.7 Å². The molecule has 0 spiro atoms. The molecule has 1 fully saturated rings. The molecule has 1 aliphatic heterocycles. The third-order valence-corrected chi connectivity index (χ3v) is 6.20. The maximum absolute atomic E-state index is 12.7. The number of hydrogen-bond acceptors (Lipinski definition) is 6. The number of nitrogens with zero attached hydrogens (tertiary/aromatic N) is 3. The number of hydrogen-bond donors (Lipinski definition) is 2. The Morgan fingerprint density at radius 1 is 0.917 bits per heavy atom. The zero-order valence-electron chi connectivity index (χ0n) is 19.4. The van der Waals surface area contributed by atoms with E-state index < -0.39 is 23.5 Å². The molecule has 0 bridgehead atoms. The Morgan fingerprint density at radius 3 is 2.22 bits per heavy atom. The van der Waals surface area contributed by atoms with Crippen LogP contribution < -0.4 is 11.5 Å². The number of amides is 2. The molecule has 0 saturated carbocycles. The summed E-state index contributed by atoms with van der Waals surface area (Å²) < 4.78 is 13.1. The lowest BCUT2D eigenvalue weighted by Gasteiger charge is -2.32. The molecular formula is C27H25N5O4. The second kappa shape index (κ2) is 9.73. The highest BCUT2D eigenvalue weighted by Crippen LogP contribution is 2.38. The van der Waals surface area contributed by atoms with Gasteiger partial charge in [-0.3, -0.25) is 9.59 Å². The molecule has 1 aliphatic rings. The number of carbonyl (C=O) groups excluding carboxylic acids is 2. The van der Waals surface area contributed by atoms with E-state index >= 15 is 0 Å². The fraction of sp³-hybridized carbons (Fsp3) is 0.185. The van der Waals surface area contributed by atoms with Gasteiger partial charge in [0.25, 0.3) is 17.6 Å². The van der Waals surface area contributed by atoms with Gasteiger partial charge in [0.15, 0.2) is 5.82 Å². The van der Waals surface area contributed by atoms with Gasteiger partial charge in [-0.2, -0.15) is 5.10 Å². The van der Waals surface area contributed by atoms with Gasteiger partial charge >= 0.3 is 0 Å². The van der Waals surface area contributed by atoms with Gasteiger partial charge in [-0.15, -0.1) is 0 Å². The quantitative estimate of drug-likeness (QED) is 0.395. The predicted molar refractivity (Wildman–Crippen MR) is 132 cm³/mol. The fourth-order valence-electron chi connectivity index (χ4n) is 4.46. The van der Waals surface area contributed by atoms with E-state index in [0.717, 1.165) is 11.1 Å². The van der Waals surface area contributed by atoms with Gasteiger partial charge in [0.05, 0.1) is 36.1 Å². The van der Waals surface area contributed by atoms with Gasteiger partial charge in [0.2, 0.25) is 0 Å². The van der Waals surface area contributed by atoms with Crippen LogP contribution in [0.25, 0.3) is 17.1 Å². The molecule has 9 nitrogen and oxygen atoms in total. The van der Waals surface area contributed by atoms with Gasteiger partial charge in [-0.05, 0) is 30.2 Å². The Morgan fingerprint density at radius 2 is 1.58 bits per heavy atom. The van der Waals surface area contributed by atoms with Crippen molar-refractivity contribution in [2.45, 2.75) is 18.1 Å². The first-order valence-electron chi connectivity index (χ1n) is 11.5. The lowest BCUT2D eigenvalue weighted by atomic mass is 9.87. The minimum Gasteiger partial charge on any atom is -0.365 e. The van der Waals surface area contributed by atoms with Crippen LogP contribution in [0.3, 0.4) is 0 Å². The second-order valence-corrected chi connectivity index (χ2v) is 8.45. The number of carbonyl (C=O) groups is 2. The topological polar surface area (TPSA) is 135 Å². The lowest BCUT2D eigenvalue weighted by molar-refractivity contribution is -0.188. The Hall–Kier alpha value is -4.34. The summed E-state index contributed by atoms with van der Waals surface area (Å²) in [5.41, 5.74) is 14.7. The van der Waals surface area contributed by atoms with Gasteiger partial charge < -0.3 is 20.9 Å². The van der Waals surface area contributed by atoms with Crippen molar-refractivity contribution in [3.8, 4) is 17.1 Å². The van der Waals surface area contributed by atoms with Crippen LogP contribution in [0, 0.1) is 0 Å². The molecule has 9 heteroatoms. The number of aromatic nitrogens is 3. The predicted octanol–water partition coefficient (Wildman–Crippen LogP) is 2.59. The highest BCUT2D eigenvalue weighted by atomic mass is 16.7. The summed E-state index contributed by atoms with van der Waals surface area (Å²) in [7, 11) is 0. The van der Waals surface area contributed by atoms with Crippen LogP contribution >= 0.6 is 0 Å². The lowest BCUT2D eigenvalue weighted by Crippen LogP contribution is -2.51. The van der Waals surface area contributed by atoms with Gasteiger partial charge in [0, 0.05) is 11.8 Å². The molecule has 0 radical (unpaired) electrons. The van der Waals surface area contributed by atoms with Crippen molar-refractivity contribution in [1.29, 1.82) is 0 Å². The van der Waals surface area contributed by atoms with Crippen molar-refractivity contribution in [2.75, 3.05) is 13.2 Å². The SMILES string of the molecule is NC(=O)c1ccc([C@H](Cc2ccccc2)C2(C(N)=O)OCCO2)nc1-n1ccc(-c2ccccc2)n1. The van der Waals surface area contributed by atoms with Crippen molar-refractivity contribution in [1.82, 2.24) is 14.8 Å². The van der Waals surface area contributed by atoms with E-state index in [0.29, 0.717) is 17.8 Å². The summed E-state index contributed by atoms with van der Waals surface area (Å²) in [5, 5.41) is 4.62. The Balaban J connectivity index is 1.62. The highest BCUT2D eigenvalue weighted by molar-refractivity contribution is 5.96. The molecule has 5 rings (SSSR count). The summed E-state index contributed by atoms with van der Waals surface area (Å²) in [6, 6.07) is 24.3. The van der Waals surface area contributed by atoms with Crippen LogP contribution in [0.4, 0.5) is 0 Å². The van der Waals surface area contributed by atoms with Gasteiger partial charge in [0.1, 0.15) is 0 Å². The summed E-state index contributed by atoms with van der Waals surface area (Å²) in [5.74, 6) is -3.55. The number of pyridine rings is 1. The molecule has 4 aromatic rings. The number of ether oxygens (including phenoxy) is 2. The molecule has 2 amide bonds. The maximum Gasteiger partial charge on any atom is 0.278 e. The van der Waals surface area contributed by atoms with Crippen molar-refractivity contribution in [3.05, 3.63) is 102 Å². The zero-order chi connectivity index (χ0) is 25.1. The minimum atomic E-state index is -1.70. The zero-order valence-corrected chi connectivity index (χ0v) is 19.4. The monoisotopic (exact) mass is 483 g/mol. The van der Waals surface area contributed by atoms with Crippen LogP contribution in [0.2, 0.25) is 0 Å². The van der Waals surface area contributed by atoms with E-state index in [9.17, 15) is 9.59 Å². The van der Waals surface area contributed by atoms with E-state index in [1.165, 1.54) is 4.68 Å². The second-order valence-electron chi connectivity index (χ2n) is 8.45. The summed E-state index contributed by atoms with van der Waals surface area (Å²) in [6.45, 7) is 0.445. The molecule has 2 aromatic carbocycles. The molecule has 0 unspecified atom stereocenters.